The first kappa shape index (κ1) is 20.0. The number of carbonyl (C=O) groups excluding carboxylic acids is 2. The Hall–Kier alpha value is -2.74. The number of furan rings is 1. The van der Waals surface area contributed by atoms with Gasteiger partial charge in [0, 0.05) is 24.1 Å². The first-order chi connectivity index (χ1) is 13.4. The zero-order chi connectivity index (χ0) is 20.3. The van der Waals surface area contributed by atoms with Crippen molar-refractivity contribution in [3.63, 3.8) is 0 Å². The fraction of sp³-hybridized carbons (Fsp3) is 0.400. The van der Waals surface area contributed by atoms with E-state index in [2.05, 4.69) is 0 Å². The summed E-state index contributed by atoms with van der Waals surface area (Å²) in [6.07, 6.45) is 1.04. The van der Waals surface area contributed by atoms with Crippen molar-refractivity contribution in [2.24, 2.45) is 0 Å². The van der Waals surface area contributed by atoms with E-state index in [4.69, 9.17) is 13.9 Å². The highest BCUT2D eigenvalue weighted by atomic mass is 19.1. The molecule has 1 atom stereocenters. The fourth-order valence-electron chi connectivity index (χ4n) is 2.98. The second-order valence-corrected chi connectivity index (χ2v) is 6.53. The quantitative estimate of drug-likeness (QED) is 0.704. The first-order valence-electron chi connectivity index (χ1n) is 9.00. The van der Waals surface area contributed by atoms with Crippen molar-refractivity contribution in [1.29, 1.82) is 0 Å². The molecule has 2 heterocycles. The summed E-state index contributed by atoms with van der Waals surface area (Å²) >= 11 is 0. The number of hydrogen-bond acceptors (Lipinski definition) is 5. The maximum Gasteiger partial charge on any atom is 0.289 e. The number of nitrogens with zero attached hydrogens (tertiary/aromatic N) is 1. The highest BCUT2D eigenvalue weighted by Crippen LogP contribution is 2.25. The molecule has 0 saturated carbocycles. The van der Waals surface area contributed by atoms with Crippen LogP contribution in [-0.2, 0) is 4.74 Å². The molecular formula is C20H21F2NO5. The summed E-state index contributed by atoms with van der Waals surface area (Å²) in [7, 11) is 0. The maximum atomic E-state index is 14.2. The van der Waals surface area contributed by atoms with Gasteiger partial charge in [-0.15, -0.1) is 0 Å². The Balaban J connectivity index is 1.64. The molecule has 1 saturated heterocycles. The summed E-state index contributed by atoms with van der Waals surface area (Å²) in [4.78, 5) is 25.7. The van der Waals surface area contributed by atoms with E-state index in [-0.39, 0.29) is 49.2 Å². The van der Waals surface area contributed by atoms with Gasteiger partial charge >= 0.3 is 0 Å². The van der Waals surface area contributed by atoms with Crippen molar-refractivity contribution in [2.45, 2.75) is 26.4 Å². The molecule has 0 N–H and O–H groups in total. The van der Waals surface area contributed by atoms with Gasteiger partial charge in [-0.3, -0.25) is 9.59 Å². The number of ketones is 1. The van der Waals surface area contributed by atoms with E-state index in [1.165, 1.54) is 6.26 Å². The molecule has 2 aromatic rings. The molecule has 150 valence electrons. The van der Waals surface area contributed by atoms with E-state index in [9.17, 15) is 18.4 Å². The average molecular weight is 393 g/mol. The highest BCUT2D eigenvalue weighted by molar-refractivity contribution is 5.96. The van der Waals surface area contributed by atoms with Crippen LogP contribution in [0.2, 0.25) is 0 Å². The Morgan fingerprint density at radius 1 is 1.29 bits per heavy atom. The van der Waals surface area contributed by atoms with E-state index < -0.39 is 23.5 Å². The third-order valence-electron chi connectivity index (χ3n) is 4.54. The van der Waals surface area contributed by atoms with Crippen LogP contribution in [0, 0.1) is 18.6 Å². The van der Waals surface area contributed by atoms with E-state index in [0.29, 0.717) is 6.54 Å². The number of ether oxygens (including phenoxy) is 2. The van der Waals surface area contributed by atoms with Crippen LogP contribution in [0.25, 0.3) is 0 Å². The maximum absolute atomic E-state index is 14.2. The summed E-state index contributed by atoms with van der Waals surface area (Å²) in [5, 5.41) is 0. The normalized spacial score (nSPS) is 16.9. The smallest absolute Gasteiger partial charge is 0.289 e. The topological polar surface area (TPSA) is 69.0 Å². The predicted molar refractivity (Wildman–Crippen MR) is 95.6 cm³/mol. The lowest BCUT2D eigenvalue weighted by Crippen LogP contribution is -2.47. The van der Waals surface area contributed by atoms with Gasteiger partial charge in [-0.25, -0.2) is 8.78 Å². The van der Waals surface area contributed by atoms with Gasteiger partial charge < -0.3 is 18.8 Å². The molecule has 0 spiro atoms. The minimum atomic E-state index is -0.952. The van der Waals surface area contributed by atoms with Gasteiger partial charge in [0.2, 0.25) is 0 Å². The van der Waals surface area contributed by atoms with Crippen molar-refractivity contribution in [3.8, 4) is 5.75 Å². The number of hydrogen-bond donors (Lipinski definition) is 0. The van der Waals surface area contributed by atoms with Crippen LogP contribution in [0.5, 0.6) is 5.75 Å². The Kier molecular flexibility index (Phi) is 6.08. The Bertz CT molecular complexity index is 856. The van der Waals surface area contributed by atoms with Gasteiger partial charge in [0.15, 0.2) is 28.9 Å². The van der Waals surface area contributed by atoms with Crippen LogP contribution >= 0.6 is 0 Å². The van der Waals surface area contributed by atoms with Gasteiger partial charge in [0.05, 0.1) is 19.4 Å². The van der Waals surface area contributed by atoms with Crippen molar-refractivity contribution >= 4 is 11.7 Å². The number of benzene rings is 1. The molecule has 8 heteroatoms. The predicted octanol–water partition coefficient (Wildman–Crippen LogP) is 3.38. The second kappa shape index (κ2) is 8.52. The van der Waals surface area contributed by atoms with Crippen molar-refractivity contribution in [2.75, 3.05) is 26.3 Å². The molecule has 0 bridgehead atoms. The summed E-state index contributed by atoms with van der Waals surface area (Å²) < 4.78 is 44.4. The lowest BCUT2D eigenvalue weighted by Gasteiger charge is -2.32. The molecule has 28 heavy (non-hydrogen) atoms. The van der Waals surface area contributed by atoms with Crippen LogP contribution in [0.15, 0.2) is 28.9 Å². The lowest BCUT2D eigenvalue weighted by atomic mass is 10.1. The van der Waals surface area contributed by atoms with E-state index in [1.807, 2.05) is 0 Å². The molecule has 6 nitrogen and oxygen atoms in total. The first-order valence-corrected chi connectivity index (χ1v) is 9.00. The zero-order valence-corrected chi connectivity index (χ0v) is 15.7. The number of rotatable bonds is 6. The Labute approximate surface area is 161 Å². The lowest BCUT2D eigenvalue weighted by molar-refractivity contribution is -0.0417. The zero-order valence-electron chi connectivity index (χ0n) is 15.7. The Morgan fingerprint density at radius 2 is 2.00 bits per heavy atom. The summed E-state index contributed by atoms with van der Waals surface area (Å²) in [5.41, 5.74) is 0.694. The molecular weight excluding hydrogens is 372 g/mol. The van der Waals surface area contributed by atoms with Crippen LogP contribution in [0.4, 0.5) is 8.78 Å². The SMILES string of the molecule is CCC(=O)c1cc(F)c(OCC2CN(C(=O)c3occc3C)CCO2)c(F)c1. The number of amides is 1. The molecule has 1 amide bonds. The van der Waals surface area contributed by atoms with Gasteiger partial charge in [0.25, 0.3) is 5.91 Å². The number of halogens is 2. The molecule has 1 unspecified atom stereocenters. The fourth-order valence-corrected chi connectivity index (χ4v) is 2.98. The van der Waals surface area contributed by atoms with Gasteiger partial charge in [0.1, 0.15) is 12.7 Å². The molecule has 1 aromatic heterocycles. The van der Waals surface area contributed by atoms with Gasteiger partial charge in [-0.05, 0) is 25.1 Å². The summed E-state index contributed by atoms with van der Waals surface area (Å²) in [5.74, 6) is -2.84. The monoisotopic (exact) mass is 393 g/mol. The van der Waals surface area contributed by atoms with Crippen LogP contribution in [-0.4, -0.2) is 49.0 Å². The number of aryl methyl sites for hydroxylation is 1. The van der Waals surface area contributed by atoms with Crippen LogP contribution in [0.1, 0.15) is 39.8 Å². The van der Waals surface area contributed by atoms with E-state index >= 15 is 0 Å². The van der Waals surface area contributed by atoms with E-state index in [1.54, 1.807) is 24.8 Å². The molecule has 1 aromatic carbocycles. The summed E-state index contributed by atoms with van der Waals surface area (Å²) in [6.45, 7) is 4.10. The van der Waals surface area contributed by atoms with Crippen molar-refractivity contribution < 1.29 is 32.3 Å². The average Bonchev–Trinajstić information content (AvgIpc) is 3.12. The van der Waals surface area contributed by atoms with Crippen LogP contribution < -0.4 is 4.74 Å². The molecule has 1 fully saturated rings. The number of morpholine rings is 1. The minimum absolute atomic E-state index is 0.0376. The third kappa shape index (κ3) is 4.22. The summed E-state index contributed by atoms with van der Waals surface area (Å²) in [6, 6.07) is 3.62. The standard InChI is InChI=1S/C20H21F2NO5/c1-3-17(24)13-8-15(21)19(16(22)9-13)28-11-14-10-23(5-7-26-14)20(25)18-12(2)4-6-27-18/h4,6,8-9,14H,3,5,7,10-11H2,1-2H3. The highest BCUT2D eigenvalue weighted by Gasteiger charge is 2.28. The van der Waals surface area contributed by atoms with Crippen LogP contribution in [0.3, 0.4) is 0 Å². The minimum Gasteiger partial charge on any atom is -0.485 e. The second-order valence-electron chi connectivity index (χ2n) is 6.53. The van der Waals surface area contributed by atoms with Crippen molar-refractivity contribution in [1.82, 2.24) is 4.90 Å². The Morgan fingerprint density at radius 3 is 2.61 bits per heavy atom. The molecule has 1 aliphatic rings. The number of Topliss-reactive ketones (excluding diaryl/α,β-unsaturated/α-hetero) is 1. The third-order valence-corrected chi connectivity index (χ3v) is 4.54. The number of carbonyl (C=O) groups is 2. The molecule has 3 rings (SSSR count). The van der Waals surface area contributed by atoms with Gasteiger partial charge in [-0.1, -0.05) is 6.92 Å². The largest absolute Gasteiger partial charge is 0.485 e. The van der Waals surface area contributed by atoms with Gasteiger partial charge in [-0.2, -0.15) is 0 Å². The van der Waals surface area contributed by atoms with Crippen molar-refractivity contribution in [3.05, 3.63) is 53.0 Å². The van der Waals surface area contributed by atoms with E-state index in [0.717, 1.165) is 17.7 Å². The molecule has 1 aliphatic heterocycles. The molecule has 0 radical (unpaired) electrons. The molecule has 0 aliphatic carbocycles.